The van der Waals surface area contributed by atoms with Gasteiger partial charge < -0.3 is 15.0 Å². The highest BCUT2D eigenvalue weighted by Crippen LogP contribution is 2.26. The van der Waals surface area contributed by atoms with Crippen LogP contribution in [0.5, 0.6) is 0 Å². The maximum absolute atomic E-state index is 11.6. The van der Waals surface area contributed by atoms with Gasteiger partial charge in [-0.25, -0.2) is 8.42 Å². The van der Waals surface area contributed by atoms with Crippen molar-refractivity contribution in [3.63, 3.8) is 0 Å². The van der Waals surface area contributed by atoms with Crippen LogP contribution in [0.3, 0.4) is 0 Å². The molecule has 0 unspecified atom stereocenters. The van der Waals surface area contributed by atoms with Gasteiger partial charge in [0.25, 0.3) is 0 Å². The Hall–Kier alpha value is -0.630. The molecule has 7 heteroatoms. The van der Waals surface area contributed by atoms with E-state index in [1.165, 1.54) is 5.56 Å². The van der Waals surface area contributed by atoms with Crippen LogP contribution in [0.15, 0.2) is 22.7 Å². The number of rotatable bonds is 6. The molecule has 1 heterocycles. The number of hydrogen-bond acceptors (Lipinski definition) is 5. The van der Waals surface area contributed by atoms with E-state index in [1.807, 2.05) is 6.07 Å². The number of nitrogens with zero attached hydrogens (tertiary/aromatic N) is 1. The van der Waals surface area contributed by atoms with Crippen molar-refractivity contribution < 1.29 is 13.2 Å². The second kappa shape index (κ2) is 7.58. The van der Waals surface area contributed by atoms with E-state index in [1.54, 1.807) is 7.11 Å². The molecule has 0 radical (unpaired) electrons. The smallest absolute Gasteiger partial charge is 0.153 e. The minimum atomic E-state index is -2.86. The van der Waals surface area contributed by atoms with E-state index in [0.717, 1.165) is 23.2 Å². The average molecular weight is 377 g/mol. The number of hydrogen-bond donors (Lipinski definition) is 1. The second-order valence-electron chi connectivity index (χ2n) is 5.08. The predicted molar refractivity (Wildman–Crippen MR) is 88.6 cm³/mol. The third-order valence-electron chi connectivity index (χ3n) is 3.53. The van der Waals surface area contributed by atoms with Crippen molar-refractivity contribution >= 4 is 31.5 Å². The van der Waals surface area contributed by atoms with Crippen molar-refractivity contribution in [2.45, 2.75) is 6.54 Å². The van der Waals surface area contributed by atoms with Gasteiger partial charge in [-0.2, -0.15) is 0 Å². The first-order valence-electron chi connectivity index (χ1n) is 6.95. The van der Waals surface area contributed by atoms with Crippen LogP contribution >= 0.6 is 15.9 Å². The first kappa shape index (κ1) is 16.7. The van der Waals surface area contributed by atoms with Gasteiger partial charge in [0.1, 0.15) is 0 Å². The molecule has 1 fully saturated rings. The Morgan fingerprint density at radius 3 is 2.71 bits per heavy atom. The van der Waals surface area contributed by atoms with E-state index in [2.05, 4.69) is 38.3 Å². The number of benzene rings is 1. The Morgan fingerprint density at radius 2 is 2.05 bits per heavy atom. The van der Waals surface area contributed by atoms with E-state index in [9.17, 15) is 8.42 Å². The van der Waals surface area contributed by atoms with Gasteiger partial charge in [0, 0.05) is 43.4 Å². The molecule has 1 saturated heterocycles. The predicted octanol–water partition coefficient (Wildman–Crippen LogP) is 1.42. The van der Waals surface area contributed by atoms with E-state index in [4.69, 9.17) is 4.74 Å². The molecule has 2 rings (SSSR count). The first-order chi connectivity index (χ1) is 10.0. The Balaban J connectivity index is 2.08. The van der Waals surface area contributed by atoms with Gasteiger partial charge >= 0.3 is 0 Å². The molecule has 0 aromatic heterocycles. The molecule has 0 atom stereocenters. The molecule has 0 amide bonds. The molecule has 21 heavy (non-hydrogen) atoms. The number of anilines is 1. The molecule has 1 aliphatic rings. The van der Waals surface area contributed by atoms with Crippen LogP contribution in [-0.2, 0) is 21.1 Å². The standard InChI is InChI=1S/C14H21BrN2O3S/c1-20-7-4-16-11-12-2-3-13(15)10-14(12)17-5-8-21(18,19)9-6-17/h2-3,10,16H,4-9,11H2,1H3. The van der Waals surface area contributed by atoms with Crippen molar-refractivity contribution in [1.29, 1.82) is 0 Å². The molecule has 5 nitrogen and oxygen atoms in total. The van der Waals surface area contributed by atoms with Gasteiger partial charge in [-0.05, 0) is 17.7 Å². The largest absolute Gasteiger partial charge is 0.383 e. The van der Waals surface area contributed by atoms with Crippen molar-refractivity contribution in [3.8, 4) is 0 Å². The Bertz CT molecular complexity index is 564. The molecular formula is C14H21BrN2O3S. The van der Waals surface area contributed by atoms with Gasteiger partial charge in [0.2, 0.25) is 0 Å². The lowest BCUT2D eigenvalue weighted by molar-refractivity contribution is 0.199. The highest BCUT2D eigenvalue weighted by molar-refractivity contribution is 9.10. The molecule has 0 aliphatic carbocycles. The van der Waals surface area contributed by atoms with Crippen LogP contribution in [0.2, 0.25) is 0 Å². The van der Waals surface area contributed by atoms with Gasteiger partial charge in [-0.3, -0.25) is 0 Å². The number of halogens is 1. The number of ether oxygens (including phenoxy) is 1. The summed E-state index contributed by atoms with van der Waals surface area (Å²) in [5.74, 6) is 0.464. The number of sulfone groups is 1. The van der Waals surface area contributed by atoms with Crippen LogP contribution in [-0.4, -0.2) is 53.3 Å². The summed E-state index contributed by atoms with van der Waals surface area (Å²) in [6.45, 7) is 3.33. The quantitative estimate of drug-likeness (QED) is 0.760. The van der Waals surface area contributed by atoms with E-state index >= 15 is 0 Å². The topological polar surface area (TPSA) is 58.6 Å². The van der Waals surface area contributed by atoms with Crippen molar-refractivity contribution in [2.75, 3.05) is 49.8 Å². The van der Waals surface area contributed by atoms with Crippen molar-refractivity contribution in [3.05, 3.63) is 28.2 Å². The van der Waals surface area contributed by atoms with Crippen LogP contribution in [0.1, 0.15) is 5.56 Å². The highest BCUT2D eigenvalue weighted by atomic mass is 79.9. The second-order valence-corrected chi connectivity index (χ2v) is 8.30. The zero-order chi connectivity index (χ0) is 15.3. The van der Waals surface area contributed by atoms with Gasteiger partial charge in [0.15, 0.2) is 9.84 Å². The van der Waals surface area contributed by atoms with Gasteiger partial charge in [-0.15, -0.1) is 0 Å². The Morgan fingerprint density at radius 1 is 1.33 bits per heavy atom. The fourth-order valence-corrected chi connectivity index (χ4v) is 3.88. The SMILES string of the molecule is COCCNCc1ccc(Br)cc1N1CCS(=O)(=O)CC1. The first-order valence-corrected chi connectivity index (χ1v) is 9.57. The summed E-state index contributed by atoms with van der Waals surface area (Å²) in [6.07, 6.45) is 0. The van der Waals surface area contributed by atoms with E-state index in [-0.39, 0.29) is 11.5 Å². The maximum Gasteiger partial charge on any atom is 0.153 e. The van der Waals surface area contributed by atoms with E-state index < -0.39 is 9.84 Å². The lowest BCUT2D eigenvalue weighted by atomic mass is 10.1. The summed E-state index contributed by atoms with van der Waals surface area (Å²) in [7, 11) is -1.18. The molecule has 0 saturated carbocycles. The van der Waals surface area contributed by atoms with E-state index in [0.29, 0.717) is 19.7 Å². The van der Waals surface area contributed by atoms with Gasteiger partial charge in [0.05, 0.1) is 18.1 Å². The lowest BCUT2D eigenvalue weighted by Crippen LogP contribution is -2.41. The molecule has 0 spiro atoms. The monoisotopic (exact) mass is 376 g/mol. The summed E-state index contributed by atoms with van der Waals surface area (Å²) in [5.41, 5.74) is 2.28. The minimum absolute atomic E-state index is 0.232. The molecular weight excluding hydrogens is 356 g/mol. The van der Waals surface area contributed by atoms with Crippen LogP contribution in [0.4, 0.5) is 5.69 Å². The molecule has 118 valence electrons. The number of methoxy groups -OCH3 is 1. The zero-order valence-corrected chi connectivity index (χ0v) is 14.5. The summed E-state index contributed by atoms with van der Waals surface area (Å²) < 4.78 is 29.1. The third-order valence-corrected chi connectivity index (χ3v) is 5.63. The van der Waals surface area contributed by atoms with Gasteiger partial charge in [-0.1, -0.05) is 22.0 Å². The summed E-state index contributed by atoms with van der Waals surface area (Å²) in [5, 5.41) is 3.33. The van der Waals surface area contributed by atoms with Crippen LogP contribution in [0, 0.1) is 0 Å². The van der Waals surface area contributed by atoms with Crippen molar-refractivity contribution in [2.24, 2.45) is 0 Å². The average Bonchev–Trinajstić information content (AvgIpc) is 2.45. The van der Waals surface area contributed by atoms with Crippen LogP contribution in [0.25, 0.3) is 0 Å². The number of nitrogens with one attached hydrogen (secondary N) is 1. The third kappa shape index (κ3) is 4.95. The lowest BCUT2D eigenvalue weighted by Gasteiger charge is -2.30. The minimum Gasteiger partial charge on any atom is -0.383 e. The normalized spacial score (nSPS) is 17.9. The fraction of sp³-hybridized carbons (Fsp3) is 0.571. The molecule has 1 aromatic rings. The van der Waals surface area contributed by atoms with Crippen LogP contribution < -0.4 is 10.2 Å². The fourth-order valence-electron chi connectivity index (χ4n) is 2.33. The molecule has 1 N–H and O–H groups in total. The molecule has 0 bridgehead atoms. The maximum atomic E-state index is 11.6. The summed E-state index contributed by atoms with van der Waals surface area (Å²) in [6, 6.07) is 6.14. The molecule has 1 aliphatic heterocycles. The Kier molecular flexibility index (Phi) is 6.04. The summed E-state index contributed by atoms with van der Waals surface area (Å²) in [4.78, 5) is 2.15. The zero-order valence-electron chi connectivity index (χ0n) is 12.1. The Labute approximate surface area is 134 Å². The summed E-state index contributed by atoms with van der Waals surface area (Å²) >= 11 is 3.49. The van der Waals surface area contributed by atoms with Crippen molar-refractivity contribution in [1.82, 2.24) is 5.32 Å². The highest BCUT2D eigenvalue weighted by Gasteiger charge is 2.23. The molecule has 1 aromatic carbocycles.